The number of ether oxygens (including phenoxy) is 1. The molecule has 0 saturated carbocycles. The third kappa shape index (κ3) is 3.64. The van der Waals surface area contributed by atoms with E-state index in [1.807, 2.05) is 6.92 Å². The van der Waals surface area contributed by atoms with Gasteiger partial charge in [0, 0.05) is 25.3 Å². The van der Waals surface area contributed by atoms with Gasteiger partial charge in [-0.3, -0.25) is 0 Å². The molecule has 0 amide bonds. The highest BCUT2D eigenvalue weighted by atomic mass is 35.5. The topological polar surface area (TPSA) is 21.3 Å². The van der Waals surface area contributed by atoms with E-state index < -0.39 is 11.6 Å². The number of halogens is 3. The lowest BCUT2D eigenvalue weighted by Crippen LogP contribution is -2.25. The quantitative estimate of drug-likeness (QED) is 0.803. The molecule has 2 nitrogen and oxygen atoms in total. The maximum absolute atomic E-state index is 13.8. The van der Waals surface area contributed by atoms with E-state index in [1.54, 1.807) is 14.2 Å². The van der Waals surface area contributed by atoms with E-state index in [2.05, 4.69) is 5.32 Å². The number of benzene rings is 1. The summed E-state index contributed by atoms with van der Waals surface area (Å²) in [5.41, 5.74) is 0.294. The van der Waals surface area contributed by atoms with Crippen LogP contribution in [0.3, 0.4) is 0 Å². The van der Waals surface area contributed by atoms with Crippen LogP contribution in [0.4, 0.5) is 8.78 Å². The number of hydrogen-bond donors (Lipinski definition) is 1. The predicted octanol–water partition coefficient (Wildman–Crippen LogP) is 3.55. The Balaban J connectivity index is 2.97. The Morgan fingerprint density at radius 1 is 1.33 bits per heavy atom. The van der Waals surface area contributed by atoms with Crippen molar-refractivity contribution in [3.63, 3.8) is 0 Å². The van der Waals surface area contributed by atoms with Crippen molar-refractivity contribution in [3.8, 4) is 0 Å². The molecule has 0 aliphatic heterocycles. The van der Waals surface area contributed by atoms with Crippen molar-refractivity contribution in [2.24, 2.45) is 5.92 Å². The predicted molar refractivity (Wildman–Crippen MR) is 68.8 cm³/mol. The zero-order valence-corrected chi connectivity index (χ0v) is 11.5. The first kappa shape index (κ1) is 15.3. The van der Waals surface area contributed by atoms with Crippen molar-refractivity contribution in [2.75, 3.05) is 20.8 Å². The summed E-state index contributed by atoms with van der Waals surface area (Å²) >= 11 is 5.54. The van der Waals surface area contributed by atoms with Crippen molar-refractivity contribution >= 4 is 11.6 Å². The molecule has 0 saturated heterocycles. The number of methoxy groups -OCH3 is 1. The zero-order chi connectivity index (χ0) is 13.7. The molecule has 102 valence electrons. The molecule has 1 N–H and O–H groups in total. The van der Waals surface area contributed by atoms with Crippen molar-refractivity contribution in [1.82, 2.24) is 5.32 Å². The van der Waals surface area contributed by atoms with Gasteiger partial charge in [-0.1, -0.05) is 18.5 Å². The molecule has 2 atom stereocenters. The first-order chi connectivity index (χ1) is 8.51. The molecule has 18 heavy (non-hydrogen) atoms. The van der Waals surface area contributed by atoms with Gasteiger partial charge in [-0.15, -0.1) is 0 Å². The molecule has 0 spiro atoms. The molecule has 0 radical (unpaired) electrons. The van der Waals surface area contributed by atoms with Crippen LogP contribution < -0.4 is 5.32 Å². The molecule has 5 heteroatoms. The lowest BCUT2D eigenvalue weighted by Gasteiger charge is -2.24. The molecule has 0 aromatic heterocycles. The summed E-state index contributed by atoms with van der Waals surface area (Å²) in [5.74, 6) is -0.984. The molecule has 0 fully saturated rings. The van der Waals surface area contributed by atoms with Gasteiger partial charge in [0.05, 0.1) is 5.02 Å². The third-order valence-corrected chi connectivity index (χ3v) is 3.32. The van der Waals surface area contributed by atoms with Crippen LogP contribution in [-0.4, -0.2) is 20.8 Å². The lowest BCUT2D eigenvalue weighted by molar-refractivity contribution is 0.171. The van der Waals surface area contributed by atoms with Crippen LogP contribution >= 0.6 is 11.6 Å². The van der Waals surface area contributed by atoms with Gasteiger partial charge in [-0.2, -0.15) is 0 Å². The SMILES string of the molecule is CNC(c1cc(F)c(Cl)cc1F)C(C)CCOC. The van der Waals surface area contributed by atoms with Crippen molar-refractivity contribution in [3.05, 3.63) is 34.4 Å². The Kier molecular flexibility index (Phi) is 5.99. The highest BCUT2D eigenvalue weighted by Crippen LogP contribution is 2.29. The summed E-state index contributed by atoms with van der Waals surface area (Å²) in [6.45, 7) is 2.54. The maximum Gasteiger partial charge on any atom is 0.142 e. The molecule has 0 bridgehead atoms. The zero-order valence-electron chi connectivity index (χ0n) is 10.8. The molecule has 2 unspecified atom stereocenters. The minimum Gasteiger partial charge on any atom is -0.385 e. The summed E-state index contributed by atoms with van der Waals surface area (Å²) < 4.78 is 32.2. The van der Waals surface area contributed by atoms with E-state index >= 15 is 0 Å². The first-order valence-corrected chi connectivity index (χ1v) is 6.19. The second kappa shape index (κ2) is 7.02. The largest absolute Gasteiger partial charge is 0.385 e. The fraction of sp³-hybridized carbons (Fsp3) is 0.538. The second-order valence-corrected chi connectivity index (χ2v) is 4.72. The summed E-state index contributed by atoms with van der Waals surface area (Å²) in [6.07, 6.45) is 0.756. The van der Waals surface area contributed by atoms with Crippen LogP contribution in [0.15, 0.2) is 12.1 Å². The van der Waals surface area contributed by atoms with E-state index in [9.17, 15) is 8.78 Å². The summed E-state index contributed by atoms with van der Waals surface area (Å²) in [7, 11) is 3.34. The molecule has 0 heterocycles. The average Bonchev–Trinajstić information content (AvgIpc) is 2.33. The molecule has 0 aliphatic rings. The van der Waals surface area contributed by atoms with E-state index in [0.29, 0.717) is 12.2 Å². The van der Waals surface area contributed by atoms with Crippen LogP contribution in [0, 0.1) is 17.6 Å². The molecule has 1 rings (SSSR count). The lowest BCUT2D eigenvalue weighted by atomic mass is 9.92. The van der Waals surface area contributed by atoms with E-state index in [0.717, 1.165) is 18.6 Å². The average molecular weight is 278 g/mol. The van der Waals surface area contributed by atoms with Crippen molar-refractivity contribution < 1.29 is 13.5 Å². The Bertz CT molecular complexity index is 401. The van der Waals surface area contributed by atoms with Crippen molar-refractivity contribution in [2.45, 2.75) is 19.4 Å². The highest BCUT2D eigenvalue weighted by molar-refractivity contribution is 6.30. The third-order valence-electron chi connectivity index (χ3n) is 3.03. The second-order valence-electron chi connectivity index (χ2n) is 4.31. The summed E-state index contributed by atoms with van der Waals surface area (Å²) in [4.78, 5) is 0. The van der Waals surface area contributed by atoms with E-state index in [4.69, 9.17) is 16.3 Å². The Morgan fingerprint density at radius 3 is 2.56 bits per heavy atom. The smallest absolute Gasteiger partial charge is 0.142 e. The van der Waals surface area contributed by atoms with Gasteiger partial charge in [0.2, 0.25) is 0 Å². The van der Waals surface area contributed by atoms with E-state index in [-0.39, 0.29) is 17.0 Å². The van der Waals surface area contributed by atoms with Crippen LogP contribution in [0.5, 0.6) is 0 Å². The van der Waals surface area contributed by atoms with Gasteiger partial charge in [0.1, 0.15) is 11.6 Å². The van der Waals surface area contributed by atoms with Gasteiger partial charge in [0.25, 0.3) is 0 Å². The monoisotopic (exact) mass is 277 g/mol. The van der Waals surface area contributed by atoms with Gasteiger partial charge in [0.15, 0.2) is 0 Å². The number of rotatable bonds is 6. The summed E-state index contributed by atoms with van der Waals surface area (Å²) in [6, 6.07) is 1.90. The summed E-state index contributed by atoms with van der Waals surface area (Å²) in [5, 5.41) is 2.81. The normalized spacial score (nSPS) is 14.6. The highest BCUT2D eigenvalue weighted by Gasteiger charge is 2.22. The number of nitrogens with one attached hydrogen (secondary N) is 1. The van der Waals surface area contributed by atoms with Gasteiger partial charge < -0.3 is 10.1 Å². The fourth-order valence-electron chi connectivity index (χ4n) is 1.99. The van der Waals surface area contributed by atoms with Crippen LogP contribution in [0.2, 0.25) is 5.02 Å². The molecule has 1 aromatic rings. The van der Waals surface area contributed by atoms with Gasteiger partial charge in [-0.05, 0) is 31.5 Å². The maximum atomic E-state index is 13.8. The van der Waals surface area contributed by atoms with Gasteiger partial charge in [-0.25, -0.2) is 8.78 Å². The Labute approximate surface area is 111 Å². The standard InChI is InChI=1S/C13H18ClF2NO/c1-8(4-5-18-3)13(17-2)9-6-12(16)10(14)7-11(9)15/h6-8,13,17H,4-5H2,1-3H3. The van der Waals surface area contributed by atoms with Crippen LogP contribution in [0.1, 0.15) is 24.9 Å². The fourth-order valence-corrected chi connectivity index (χ4v) is 2.14. The van der Waals surface area contributed by atoms with Crippen LogP contribution in [-0.2, 0) is 4.74 Å². The first-order valence-electron chi connectivity index (χ1n) is 5.81. The van der Waals surface area contributed by atoms with E-state index in [1.165, 1.54) is 0 Å². The van der Waals surface area contributed by atoms with Crippen molar-refractivity contribution in [1.29, 1.82) is 0 Å². The van der Waals surface area contributed by atoms with Crippen LogP contribution in [0.25, 0.3) is 0 Å². The minimum absolute atomic E-state index is 0.116. The molecular formula is C13H18ClF2NO. The molecule has 1 aromatic carbocycles. The Morgan fingerprint density at radius 2 is 2.00 bits per heavy atom. The van der Waals surface area contributed by atoms with Gasteiger partial charge >= 0.3 is 0 Å². The minimum atomic E-state index is -0.604. The molecule has 0 aliphatic carbocycles. The molecular weight excluding hydrogens is 260 g/mol. The Hall–Kier alpha value is -0.710. The number of hydrogen-bond acceptors (Lipinski definition) is 2.